The maximum atomic E-state index is 5.85. The standard InChI is InChI=1S/C18H32N2O/c1-14(2)13-19-17-12-15(21-11-10-20(6)7)8-9-16(17)18(3,4)5/h8-9,12,14,19H,10-11,13H2,1-7H3. The van der Waals surface area contributed by atoms with Gasteiger partial charge >= 0.3 is 0 Å². The molecule has 3 heteroatoms. The first-order chi connectivity index (χ1) is 9.70. The monoisotopic (exact) mass is 292 g/mol. The lowest BCUT2D eigenvalue weighted by Crippen LogP contribution is -2.20. The molecule has 21 heavy (non-hydrogen) atoms. The Morgan fingerprint density at radius 1 is 1.19 bits per heavy atom. The number of benzene rings is 1. The summed E-state index contributed by atoms with van der Waals surface area (Å²) in [5.41, 5.74) is 2.66. The van der Waals surface area contributed by atoms with E-state index in [1.165, 1.54) is 11.3 Å². The topological polar surface area (TPSA) is 24.5 Å². The first kappa shape index (κ1) is 17.8. The van der Waals surface area contributed by atoms with E-state index in [0.29, 0.717) is 12.5 Å². The lowest BCUT2D eigenvalue weighted by atomic mass is 9.85. The third-order valence-corrected chi connectivity index (χ3v) is 3.31. The average molecular weight is 292 g/mol. The van der Waals surface area contributed by atoms with Gasteiger partial charge in [0.1, 0.15) is 12.4 Å². The zero-order chi connectivity index (χ0) is 16.0. The number of rotatable bonds is 7. The minimum atomic E-state index is 0.126. The smallest absolute Gasteiger partial charge is 0.121 e. The Hall–Kier alpha value is -1.22. The number of ether oxygens (including phenoxy) is 1. The van der Waals surface area contributed by atoms with E-state index in [0.717, 1.165) is 18.8 Å². The summed E-state index contributed by atoms with van der Waals surface area (Å²) in [4.78, 5) is 2.13. The molecule has 0 spiro atoms. The molecule has 0 fully saturated rings. The Balaban J connectivity index is 2.87. The first-order valence-electron chi connectivity index (χ1n) is 7.86. The third-order valence-electron chi connectivity index (χ3n) is 3.31. The van der Waals surface area contributed by atoms with Gasteiger partial charge in [0.15, 0.2) is 0 Å². The number of nitrogens with one attached hydrogen (secondary N) is 1. The molecule has 0 aliphatic rings. The summed E-state index contributed by atoms with van der Waals surface area (Å²) < 4.78 is 5.85. The van der Waals surface area contributed by atoms with E-state index in [1.807, 2.05) is 0 Å². The minimum Gasteiger partial charge on any atom is -0.492 e. The SMILES string of the molecule is CC(C)CNc1cc(OCCN(C)C)ccc1C(C)(C)C. The maximum absolute atomic E-state index is 5.85. The molecule has 0 aliphatic heterocycles. The molecule has 0 heterocycles. The van der Waals surface area contributed by atoms with Crippen LogP contribution in [0.15, 0.2) is 18.2 Å². The molecule has 0 amide bonds. The summed E-state index contributed by atoms with van der Waals surface area (Å²) in [5.74, 6) is 1.56. The predicted octanol–water partition coefficient (Wildman–Crippen LogP) is 3.99. The molecule has 0 unspecified atom stereocenters. The van der Waals surface area contributed by atoms with Crippen LogP contribution in [0.1, 0.15) is 40.2 Å². The molecule has 1 N–H and O–H groups in total. The van der Waals surface area contributed by atoms with Gasteiger partial charge in [-0.05, 0) is 37.1 Å². The molecule has 1 rings (SSSR count). The third kappa shape index (κ3) is 6.38. The fraction of sp³-hybridized carbons (Fsp3) is 0.667. The second-order valence-electron chi connectivity index (χ2n) is 7.38. The van der Waals surface area contributed by atoms with E-state index < -0.39 is 0 Å². The van der Waals surface area contributed by atoms with Crippen LogP contribution in [0.5, 0.6) is 5.75 Å². The fourth-order valence-electron chi connectivity index (χ4n) is 2.07. The highest BCUT2D eigenvalue weighted by Crippen LogP contribution is 2.32. The zero-order valence-corrected chi connectivity index (χ0v) is 14.8. The molecule has 0 aromatic heterocycles. The Labute approximate surface area is 130 Å². The second-order valence-corrected chi connectivity index (χ2v) is 7.38. The highest BCUT2D eigenvalue weighted by Gasteiger charge is 2.18. The van der Waals surface area contributed by atoms with Gasteiger partial charge in [0.25, 0.3) is 0 Å². The van der Waals surface area contributed by atoms with Crippen molar-refractivity contribution in [2.45, 2.75) is 40.0 Å². The number of likely N-dealkylation sites (N-methyl/N-ethyl adjacent to an activating group) is 1. The first-order valence-corrected chi connectivity index (χ1v) is 7.86. The van der Waals surface area contributed by atoms with Crippen molar-refractivity contribution in [1.29, 1.82) is 0 Å². The highest BCUT2D eigenvalue weighted by atomic mass is 16.5. The Kier molecular flexibility index (Phi) is 6.53. The summed E-state index contributed by atoms with van der Waals surface area (Å²) in [6, 6.07) is 6.41. The van der Waals surface area contributed by atoms with Crippen molar-refractivity contribution >= 4 is 5.69 Å². The number of hydrogen-bond acceptors (Lipinski definition) is 3. The summed E-state index contributed by atoms with van der Waals surface area (Å²) in [6.07, 6.45) is 0. The summed E-state index contributed by atoms with van der Waals surface area (Å²) in [7, 11) is 4.11. The lowest BCUT2D eigenvalue weighted by Gasteiger charge is -2.25. The van der Waals surface area contributed by atoms with Gasteiger partial charge in [-0.1, -0.05) is 40.7 Å². The van der Waals surface area contributed by atoms with Gasteiger partial charge in [0.2, 0.25) is 0 Å². The fourth-order valence-corrected chi connectivity index (χ4v) is 2.07. The van der Waals surface area contributed by atoms with Crippen molar-refractivity contribution < 1.29 is 4.74 Å². The van der Waals surface area contributed by atoms with Crippen LogP contribution in [0.2, 0.25) is 0 Å². The quantitative estimate of drug-likeness (QED) is 0.822. The normalized spacial score (nSPS) is 12.0. The number of hydrogen-bond donors (Lipinski definition) is 1. The van der Waals surface area contributed by atoms with Crippen LogP contribution in [0.25, 0.3) is 0 Å². The maximum Gasteiger partial charge on any atom is 0.121 e. The predicted molar refractivity (Wildman–Crippen MR) is 92.5 cm³/mol. The van der Waals surface area contributed by atoms with Crippen LogP contribution in [-0.4, -0.2) is 38.7 Å². The van der Waals surface area contributed by atoms with Crippen LogP contribution in [0, 0.1) is 5.92 Å². The molecule has 3 nitrogen and oxygen atoms in total. The van der Waals surface area contributed by atoms with Gasteiger partial charge in [-0.15, -0.1) is 0 Å². The molecule has 1 aromatic carbocycles. The van der Waals surface area contributed by atoms with Gasteiger partial charge in [-0.3, -0.25) is 0 Å². The van der Waals surface area contributed by atoms with Crippen LogP contribution in [0.3, 0.4) is 0 Å². The van der Waals surface area contributed by atoms with Crippen molar-refractivity contribution in [2.75, 3.05) is 39.1 Å². The molecule has 120 valence electrons. The van der Waals surface area contributed by atoms with E-state index in [-0.39, 0.29) is 5.41 Å². The Bertz CT molecular complexity index is 433. The van der Waals surface area contributed by atoms with Gasteiger partial charge in [0, 0.05) is 24.8 Å². The summed E-state index contributed by atoms with van der Waals surface area (Å²) >= 11 is 0. The van der Waals surface area contributed by atoms with Crippen molar-refractivity contribution in [3.63, 3.8) is 0 Å². The van der Waals surface area contributed by atoms with Gasteiger partial charge < -0.3 is 15.0 Å². The second kappa shape index (κ2) is 7.69. The Morgan fingerprint density at radius 2 is 1.86 bits per heavy atom. The largest absolute Gasteiger partial charge is 0.492 e. The molecule has 0 aliphatic carbocycles. The zero-order valence-electron chi connectivity index (χ0n) is 14.8. The van der Waals surface area contributed by atoms with Crippen LogP contribution in [-0.2, 0) is 5.41 Å². The van der Waals surface area contributed by atoms with Crippen molar-refractivity contribution in [1.82, 2.24) is 4.90 Å². The lowest BCUT2D eigenvalue weighted by molar-refractivity contribution is 0.261. The van der Waals surface area contributed by atoms with Gasteiger partial charge in [0.05, 0.1) is 0 Å². The molecule has 1 aromatic rings. The number of nitrogens with zero attached hydrogens (tertiary/aromatic N) is 1. The molecule has 0 saturated heterocycles. The van der Waals surface area contributed by atoms with Crippen LogP contribution >= 0.6 is 0 Å². The van der Waals surface area contributed by atoms with Gasteiger partial charge in [-0.2, -0.15) is 0 Å². The number of anilines is 1. The molecular formula is C18H32N2O. The molecule has 0 radical (unpaired) electrons. The van der Waals surface area contributed by atoms with Crippen LogP contribution in [0.4, 0.5) is 5.69 Å². The molecular weight excluding hydrogens is 260 g/mol. The average Bonchev–Trinajstić information content (AvgIpc) is 2.34. The van der Waals surface area contributed by atoms with E-state index in [1.54, 1.807) is 0 Å². The summed E-state index contributed by atoms with van der Waals surface area (Å²) in [6.45, 7) is 13.8. The van der Waals surface area contributed by atoms with Crippen molar-refractivity contribution in [3.05, 3.63) is 23.8 Å². The molecule has 0 atom stereocenters. The van der Waals surface area contributed by atoms with Crippen molar-refractivity contribution in [3.8, 4) is 5.75 Å². The van der Waals surface area contributed by atoms with Crippen LogP contribution < -0.4 is 10.1 Å². The van der Waals surface area contributed by atoms with E-state index in [2.05, 4.69) is 77.1 Å². The van der Waals surface area contributed by atoms with E-state index in [4.69, 9.17) is 4.74 Å². The molecule has 0 saturated carbocycles. The Morgan fingerprint density at radius 3 is 2.38 bits per heavy atom. The van der Waals surface area contributed by atoms with E-state index in [9.17, 15) is 0 Å². The minimum absolute atomic E-state index is 0.126. The summed E-state index contributed by atoms with van der Waals surface area (Å²) in [5, 5.41) is 3.57. The highest BCUT2D eigenvalue weighted by molar-refractivity contribution is 5.57. The van der Waals surface area contributed by atoms with Gasteiger partial charge in [-0.25, -0.2) is 0 Å². The molecule has 0 bridgehead atoms. The van der Waals surface area contributed by atoms with Crippen molar-refractivity contribution in [2.24, 2.45) is 5.92 Å². The van der Waals surface area contributed by atoms with E-state index >= 15 is 0 Å².